The van der Waals surface area contributed by atoms with Gasteiger partial charge in [0.25, 0.3) is 0 Å². The highest BCUT2D eigenvalue weighted by atomic mass is 16.5. The molecule has 1 aliphatic heterocycles. The van der Waals surface area contributed by atoms with Gasteiger partial charge in [-0.15, -0.1) is 0 Å². The Kier molecular flexibility index (Phi) is 5.76. The predicted molar refractivity (Wildman–Crippen MR) is 84.1 cm³/mol. The van der Waals surface area contributed by atoms with Gasteiger partial charge in [0, 0.05) is 19.1 Å². The van der Waals surface area contributed by atoms with Crippen molar-refractivity contribution in [3.8, 4) is 0 Å². The number of hydrogen-bond donors (Lipinski definition) is 0. The fourth-order valence-electron chi connectivity index (χ4n) is 2.95. The second kappa shape index (κ2) is 7.57. The molecule has 0 spiro atoms. The number of piperidine rings is 1. The molecule has 21 heavy (non-hydrogen) atoms. The van der Waals surface area contributed by atoms with Gasteiger partial charge in [-0.25, -0.2) is 0 Å². The van der Waals surface area contributed by atoms with E-state index in [2.05, 4.69) is 30.0 Å². The van der Waals surface area contributed by atoms with E-state index in [4.69, 9.17) is 4.74 Å². The summed E-state index contributed by atoms with van der Waals surface area (Å²) >= 11 is 0. The van der Waals surface area contributed by atoms with Crippen molar-refractivity contribution in [2.75, 3.05) is 34.3 Å². The molecule has 1 unspecified atom stereocenters. The third-order valence-electron chi connectivity index (χ3n) is 4.29. The molecule has 1 saturated heterocycles. The molecular formula is C17H26N2O2. The molecule has 0 N–H and O–H groups in total. The van der Waals surface area contributed by atoms with E-state index in [1.54, 1.807) is 0 Å². The summed E-state index contributed by atoms with van der Waals surface area (Å²) in [5, 5.41) is 0. The molecule has 1 aromatic carbocycles. The topological polar surface area (TPSA) is 32.8 Å². The lowest BCUT2D eigenvalue weighted by atomic mass is 10.0. The highest BCUT2D eigenvalue weighted by Crippen LogP contribution is 2.18. The Balaban J connectivity index is 2.03. The molecule has 0 bridgehead atoms. The van der Waals surface area contributed by atoms with Crippen molar-refractivity contribution in [2.45, 2.75) is 31.8 Å². The number of likely N-dealkylation sites (N-methyl/N-ethyl adjacent to an activating group) is 1. The summed E-state index contributed by atoms with van der Waals surface area (Å²) in [5.74, 6) is -0.174. The lowest BCUT2D eigenvalue weighted by molar-refractivity contribution is -0.139. The van der Waals surface area contributed by atoms with Crippen LogP contribution in [-0.2, 0) is 22.5 Å². The van der Waals surface area contributed by atoms with Crippen LogP contribution in [0.2, 0.25) is 0 Å². The Morgan fingerprint density at radius 2 is 2.05 bits per heavy atom. The van der Waals surface area contributed by atoms with E-state index in [1.165, 1.54) is 25.5 Å². The fraction of sp³-hybridized carbons (Fsp3) is 0.588. The highest BCUT2D eigenvalue weighted by Gasteiger charge is 2.22. The molecule has 0 aliphatic carbocycles. The minimum absolute atomic E-state index is 0.174. The molecule has 1 heterocycles. The molecule has 1 fully saturated rings. The van der Waals surface area contributed by atoms with Crippen LogP contribution in [0.3, 0.4) is 0 Å². The number of rotatable bonds is 5. The monoisotopic (exact) mass is 290 g/mol. The van der Waals surface area contributed by atoms with Crippen molar-refractivity contribution in [1.82, 2.24) is 9.80 Å². The van der Waals surface area contributed by atoms with Gasteiger partial charge in [0.15, 0.2) is 0 Å². The summed E-state index contributed by atoms with van der Waals surface area (Å²) in [6, 6.07) is 8.81. The molecule has 0 saturated carbocycles. The summed E-state index contributed by atoms with van der Waals surface area (Å²) in [5.41, 5.74) is 2.32. The fourth-order valence-corrected chi connectivity index (χ4v) is 2.95. The van der Waals surface area contributed by atoms with Crippen molar-refractivity contribution in [3.63, 3.8) is 0 Å². The second-order valence-electron chi connectivity index (χ2n) is 6.02. The number of methoxy groups -OCH3 is 1. The van der Waals surface area contributed by atoms with Crippen molar-refractivity contribution in [2.24, 2.45) is 0 Å². The first kappa shape index (κ1) is 16.0. The van der Waals surface area contributed by atoms with Crippen LogP contribution in [0.1, 0.15) is 24.0 Å². The molecular weight excluding hydrogens is 264 g/mol. The van der Waals surface area contributed by atoms with Crippen LogP contribution in [-0.4, -0.2) is 56.1 Å². The number of likely N-dealkylation sites (tertiary alicyclic amines) is 1. The lowest BCUT2D eigenvalue weighted by Crippen LogP contribution is -2.44. The first-order chi connectivity index (χ1) is 10.1. The molecule has 0 amide bonds. The van der Waals surface area contributed by atoms with Crippen LogP contribution < -0.4 is 0 Å². The maximum atomic E-state index is 11.5. The number of hydrogen-bond acceptors (Lipinski definition) is 4. The Labute approximate surface area is 127 Å². The average molecular weight is 290 g/mol. The SMILES string of the molecule is COC(=O)Cc1ccccc1CN1CCCC(N(C)C)C1. The quantitative estimate of drug-likeness (QED) is 0.776. The van der Waals surface area contributed by atoms with E-state index in [0.29, 0.717) is 12.5 Å². The molecule has 4 nitrogen and oxygen atoms in total. The third-order valence-corrected chi connectivity index (χ3v) is 4.29. The molecule has 4 heteroatoms. The summed E-state index contributed by atoms with van der Waals surface area (Å²) in [6.07, 6.45) is 2.87. The zero-order chi connectivity index (χ0) is 15.2. The first-order valence-electron chi connectivity index (χ1n) is 7.62. The summed E-state index contributed by atoms with van der Waals surface area (Å²) < 4.78 is 4.79. The van der Waals surface area contributed by atoms with Crippen molar-refractivity contribution in [1.29, 1.82) is 0 Å². The second-order valence-corrected chi connectivity index (χ2v) is 6.02. The average Bonchev–Trinajstić information content (AvgIpc) is 2.49. The van der Waals surface area contributed by atoms with Crippen molar-refractivity contribution in [3.05, 3.63) is 35.4 Å². The van der Waals surface area contributed by atoms with Crippen molar-refractivity contribution >= 4 is 5.97 Å². The maximum absolute atomic E-state index is 11.5. The van der Waals surface area contributed by atoms with Crippen LogP contribution in [0.5, 0.6) is 0 Å². The number of carbonyl (C=O) groups excluding carboxylic acids is 1. The van der Waals surface area contributed by atoms with E-state index in [9.17, 15) is 4.79 Å². The molecule has 1 atom stereocenters. The highest BCUT2D eigenvalue weighted by molar-refractivity contribution is 5.72. The minimum Gasteiger partial charge on any atom is -0.469 e. The summed E-state index contributed by atoms with van der Waals surface area (Å²) in [6.45, 7) is 3.15. The van der Waals surface area contributed by atoms with Crippen LogP contribution >= 0.6 is 0 Å². The van der Waals surface area contributed by atoms with Crippen LogP contribution in [0.25, 0.3) is 0 Å². The smallest absolute Gasteiger partial charge is 0.309 e. The van der Waals surface area contributed by atoms with Crippen LogP contribution in [0.15, 0.2) is 24.3 Å². The van der Waals surface area contributed by atoms with E-state index >= 15 is 0 Å². The van der Waals surface area contributed by atoms with Crippen LogP contribution in [0.4, 0.5) is 0 Å². The standard InChI is InChI=1S/C17H26N2O2/c1-18(2)16-9-6-10-19(13-16)12-15-8-5-4-7-14(15)11-17(20)21-3/h4-5,7-8,16H,6,9-13H2,1-3H3. The molecule has 0 aromatic heterocycles. The zero-order valence-corrected chi connectivity index (χ0v) is 13.3. The number of esters is 1. The minimum atomic E-state index is -0.174. The number of benzene rings is 1. The van der Waals surface area contributed by atoms with Gasteiger partial charge in [0.2, 0.25) is 0 Å². The predicted octanol–water partition coefficient (Wildman–Crippen LogP) is 1.93. The van der Waals surface area contributed by atoms with Gasteiger partial charge >= 0.3 is 5.97 Å². The normalized spacial score (nSPS) is 19.7. The van der Waals surface area contributed by atoms with E-state index in [1.807, 2.05) is 18.2 Å². The maximum Gasteiger partial charge on any atom is 0.309 e. The van der Waals surface area contributed by atoms with Gasteiger partial charge in [0.05, 0.1) is 13.5 Å². The molecule has 1 aromatic rings. The first-order valence-corrected chi connectivity index (χ1v) is 7.62. The molecule has 1 aliphatic rings. The van der Waals surface area contributed by atoms with E-state index < -0.39 is 0 Å². The van der Waals surface area contributed by atoms with Crippen molar-refractivity contribution < 1.29 is 9.53 Å². The van der Waals surface area contributed by atoms with Gasteiger partial charge in [-0.05, 0) is 44.6 Å². The van der Waals surface area contributed by atoms with Gasteiger partial charge < -0.3 is 9.64 Å². The van der Waals surface area contributed by atoms with Crippen LogP contribution in [0, 0.1) is 0 Å². The number of carbonyl (C=O) groups is 1. The Morgan fingerprint density at radius 1 is 1.33 bits per heavy atom. The Morgan fingerprint density at radius 3 is 2.71 bits per heavy atom. The molecule has 0 radical (unpaired) electrons. The number of ether oxygens (including phenoxy) is 1. The van der Waals surface area contributed by atoms with E-state index in [0.717, 1.165) is 25.2 Å². The van der Waals surface area contributed by atoms with Gasteiger partial charge in [-0.2, -0.15) is 0 Å². The largest absolute Gasteiger partial charge is 0.469 e. The lowest BCUT2D eigenvalue weighted by Gasteiger charge is -2.36. The van der Waals surface area contributed by atoms with E-state index in [-0.39, 0.29) is 5.97 Å². The number of nitrogens with zero attached hydrogens (tertiary/aromatic N) is 2. The zero-order valence-electron chi connectivity index (χ0n) is 13.3. The summed E-state index contributed by atoms with van der Waals surface area (Å²) in [4.78, 5) is 16.3. The van der Waals surface area contributed by atoms with Gasteiger partial charge in [0.1, 0.15) is 0 Å². The molecule has 2 rings (SSSR count). The third kappa shape index (κ3) is 4.55. The molecule has 116 valence electrons. The Bertz CT molecular complexity index is 474. The Hall–Kier alpha value is -1.39. The van der Waals surface area contributed by atoms with Gasteiger partial charge in [-0.3, -0.25) is 9.69 Å². The van der Waals surface area contributed by atoms with Gasteiger partial charge in [-0.1, -0.05) is 24.3 Å². The summed E-state index contributed by atoms with van der Waals surface area (Å²) in [7, 11) is 5.75.